The molecule has 5 nitrogen and oxygen atoms in total. The molecule has 0 bridgehead atoms. The molecule has 0 aromatic rings. The van der Waals surface area contributed by atoms with E-state index in [2.05, 4.69) is 0 Å². The molecule has 2 fully saturated rings. The highest BCUT2D eigenvalue weighted by molar-refractivity contribution is 5.83. The molecule has 13 heavy (non-hydrogen) atoms. The quantitative estimate of drug-likeness (QED) is 0.603. The molecule has 2 rings (SSSR count). The summed E-state index contributed by atoms with van der Waals surface area (Å²) in [5, 5.41) is 8.49. The fourth-order valence-electron chi connectivity index (χ4n) is 1.76. The SMILES string of the molecule is O=C(O)/C=C1/OC(=O)N2CCC[C@@H]12. The first kappa shape index (κ1) is 8.10. The van der Waals surface area contributed by atoms with Crippen LogP contribution in [0.1, 0.15) is 12.8 Å². The Hall–Kier alpha value is -1.52. The van der Waals surface area contributed by atoms with E-state index >= 15 is 0 Å². The van der Waals surface area contributed by atoms with Crippen molar-refractivity contribution in [2.75, 3.05) is 6.54 Å². The van der Waals surface area contributed by atoms with E-state index in [1.54, 1.807) is 4.90 Å². The first-order valence-corrected chi connectivity index (χ1v) is 4.11. The summed E-state index contributed by atoms with van der Waals surface area (Å²) in [6.07, 6.45) is 2.25. The smallest absolute Gasteiger partial charge is 0.415 e. The van der Waals surface area contributed by atoms with E-state index in [1.165, 1.54) is 0 Å². The summed E-state index contributed by atoms with van der Waals surface area (Å²) >= 11 is 0. The Morgan fingerprint density at radius 1 is 1.69 bits per heavy atom. The standard InChI is InChI=1S/C8H9NO4/c10-7(11)4-6-5-2-1-3-9(5)8(12)13-6/h4-5H,1-3H2,(H,10,11)/b6-4+/t5-/m0/s1. The number of hydrogen-bond donors (Lipinski definition) is 1. The molecule has 2 heterocycles. The van der Waals surface area contributed by atoms with Crippen molar-refractivity contribution in [3.8, 4) is 0 Å². The predicted octanol–water partition coefficient (Wildman–Crippen LogP) is 0.570. The van der Waals surface area contributed by atoms with Gasteiger partial charge < -0.3 is 9.84 Å². The largest absolute Gasteiger partial charge is 0.478 e. The van der Waals surface area contributed by atoms with Crippen molar-refractivity contribution < 1.29 is 19.4 Å². The van der Waals surface area contributed by atoms with Crippen LogP contribution in [0.3, 0.4) is 0 Å². The fourth-order valence-corrected chi connectivity index (χ4v) is 1.76. The van der Waals surface area contributed by atoms with Crippen molar-refractivity contribution in [2.24, 2.45) is 0 Å². The van der Waals surface area contributed by atoms with Crippen molar-refractivity contribution in [2.45, 2.75) is 18.9 Å². The van der Waals surface area contributed by atoms with Crippen molar-refractivity contribution >= 4 is 12.1 Å². The van der Waals surface area contributed by atoms with Gasteiger partial charge in [-0.1, -0.05) is 0 Å². The molecule has 70 valence electrons. The Labute approximate surface area is 74.6 Å². The highest BCUT2D eigenvalue weighted by atomic mass is 16.6. The van der Waals surface area contributed by atoms with Crippen LogP contribution in [0.2, 0.25) is 0 Å². The van der Waals surface area contributed by atoms with E-state index in [-0.39, 0.29) is 11.8 Å². The second-order valence-corrected chi connectivity index (χ2v) is 3.10. The van der Waals surface area contributed by atoms with Gasteiger partial charge in [0.2, 0.25) is 0 Å². The fraction of sp³-hybridized carbons (Fsp3) is 0.500. The first-order chi connectivity index (χ1) is 6.18. The molecule has 1 amide bonds. The van der Waals surface area contributed by atoms with Crippen LogP contribution in [-0.2, 0) is 9.53 Å². The normalized spacial score (nSPS) is 29.2. The number of fused-ring (bicyclic) bond motifs is 1. The molecule has 2 aliphatic rings. The molecule has 0 aromatic carbocycles. The Balaban J connectivity index is 2.24. The maximum Gasteiger partial charge on any atom is 0.415 e. The van der Waals surface area contributed by atoms with E-state index in [0.717, 1.165) is 18.9 Å². The lowest BCUT2D eigenvalue weighted by Crippen LogP contribution is -2.26. The van der Waals surface area contributed by atoms with Gasteiger partial charge in [-0.25, -0.2) is 9.59 Å². The van der Waals surface area contributed by atoms with Gasteiger partial charge in [-0.3, -0.25) is 4.90 Å². The summed E-state index contributed by atoms with van der Waals surface area (Å²) in [5.41, 5.74) is 0. The Kier molecular flexibility index (Phi) is 1.72. The average molecular weight is 183 g/mol. The lowest BCUT2D eigenvalue weighted by atomic mass is 10.2. The molecule has 1 atom stereocenters. The maximum absolute atomic E-state index is 11.1. The summed E-state index contributed by atoms with van der Waals surface area (Å²) in [6.45, 7) is 0.667. The Bertz CT molecular complexity index is 297. The zero-order valence-electron chi connectivity index (χ0n) is 6.90. The van der Waals surface area contributed by atoms with Crippen molar-refractivity contribution in [3.05, 3.63) is 11.8 Å². The van der Waals surface area contributed by atoms with Gasteiger partial charge in [0.1, 0.15) is 5.76 Å². The molecule has 1 N–H and O–H groups in total. The van der Waals surface area contributed by atoms with Crippen LogP contribution in [-0.4, -0.2) is 34.7 Å². The van der Waals surface area contributed by atoms with Crippen LogP contribution >= 0.6 is 0 Å². The summed E-state index contributed by atoms with van der Waals surface area (Å²) in [5.74, 6) is -0.799. The minimum absolute atomic E-state index is 0.136. The van der Waals surface area contributed by atoms with Gasteiger partial charge in [-0.05, 0) is 12.8 Å². The number of carbonyl (C=O) groups is 2. The van der Waals surface area contributed by atoms with Crippen LogP contribution in [0.25, 0.3) is 0 Å². The van der Waals surface area contributed by atoms with Crippen molar-refractivity contribution in [3.63, 3.8) is 0 Å². The molecular formula is C8H9NO4. The third kappa shape index (κ3) is 1.26. The summed E-state index contributed by atoms with van der Waals surface area (Å²) < 4.78 is 4.81. The van der Waals surface area contributed by atoms with Crippen molar-refractivity contribution in [1.29, 1.82) is 0 Å². The zero-order chi connectivity index (χ0) is 9.42. The molecule has 0 spiro atoms. The van der Waals surface area contributed by atoms with E-state index < -0.39 is 12.1 Å². The van der Waals surface area contributed by atoms with Crippen LogP contribution in [0.15, 0.2) is 11.8 Å². The van der Waals surface area contributed by atoms with Gasteiger partial charge in [0.05, 0.1) is 12.1 Å². The van der Waals surface area contributed by atoms with Gasteiger partial charge in [0.25, 0.3) is 0 Å². The molecule has 0 unspecified atom stereocenters. The topological polar surface area (TPSA) is 66.8 Å². The third-order valence-electron chi connectivity index (χ3n) is 2.29. The molecule has 0 saturated carbocycles. The van der Waals surface area contributed by atoms with E-state index in [4.69, 9.17) is 9.84 Å². The molecule has 0 radical (unpaired) electrons. The summed E-state index contributed by atoms with van der Waals surface area (Å²) in [6, 6.07) is -0.136. The van der Waals surface area contributed by atoms with Gasteiger partial charge in [-0.15, -0.1) is 0 Å². The second-order valence-electron chi connectivity index (χ2n) is 3.10. The number of cyclic esters (lactones) is 1. The molecule has 5 heteroatoms. The minimum atomic E-state index is -1.07. The van der Waals surface area contributed by atoms with Crippen LogP contribution in [0, 0.1) is 0 Å². The maximum atomic E-state index is 11.1. The van der Waals surface area contributed by atoms with Crippen LogP contribution < -0.4 is 0 Å². The second kappa shape index (κ2) is 2.76. The minimum Gasteiger partial charge on any atom is -0.478 e. The van der Waals surface area contributed by atoms with Gasteiger partial charge in [-0.2, -0.15) is 0 Å². The summed E-state index contributed by atoms with van der Waals surface area (Å²) in [7, 11) is 0. The average Bonchev–Trinajstić information content (AvgIpc) is 2.56. The van der Waals surface area contributed by atoms with E-state index in [0.29, 0.717) is 6.54 Å². The lowest BCUT2D eigenvalue weighted by molar-refractivity contribution is -0.131. The van der Waals surface area contributed by atoms with E-state index in [1.807, 2.05) is 0 Å². The first-order valence-electron chi connectivity index (χ1n) is 4.11. The van der Waals surface area contributed by atoms with Gasteiger partial charge >= 0.3 is 12.1 Å². The van der Waals surface area contributed by atoms with Crippen LogP contribution in [0.4, 0.5) is 4.79 Å². The van der Waals surface area contributed by atoms with Crippen LogP contribution in [0.5, 0.6) is 0 Å². The van der Waals surface area contributed by atoms with Gasteiger partial charge in [0.15, 0.2) is 0 Å². The molecule has 0 aromatic heterocycles. The number of carboxylic acid groups (broad SMARTS) is 1. The number of hydrogen-bond acceptors (Lipinski definition) is 3. The van der Waals surface area contributed by atoms with Gasteiger partial charge in [0, 0.05) is 6.54 Å². The number of amides is 1. The number of nitrogens with zero attached hydrogens (tertiary/aromatic N) is 1. The third-order valence-corrected chi connectivity index (χ3v) is 2.29. The highest BCUT2D eigenvalue weighted by Gasteiger charge is 2.41. The molecule has 2 aliphatic heterocycles. The van der Waals surface area contributed by atoms with E-state index in [9.17, 15) is 9.59 Å². The molecular weight excluding hydrogens is 174 g/mol. The van der Waals surface area contributed by atoms with Crippen molar-refractivity contribution in [1.82, 2.24) is 4.90 Å². The number of carbonyl (C=O) groups excluding carboxylic acids is 1. The number of aliphatic carboxylic acids is 1. The highest BCUT2D eigenvalue weighted by Crippen LogP contribution is 2.31. The monoisotopic (exact) mass is 183 g/mol. The molecule has 0 aliphatic carbocycles. The summed E-state index contributed by atoms with van der Waals surface area (Å²) in [4.78, 5) is 23.0. The Morgan fingerprint density at radius 2 is 2.46 bits per heavy atom. The lowest BCUT2D eigenvalue weighted by Gasteiger charge is -2.08. The number of carboxylic acids is 1. The number of rotatable bonds is 1. The number of ether oxygens (including phenoxy) is 1. The Morgan fingerprint density at radius 3 is 3.15 bits per heavy atom. The predicted molar refractivity (Wildman–Crippen MR) is 41.9 cm³/mol. The zero-order valence-corrected chi connectivity index (χ0v) is 6.90. The molecule has 2 saturated heterocycles.